The summed E-state index contributed by atoms with van der Waals surface area (Å²) in [6, 6.07) is 30.4. The van der Waals surface area contributed by atoms with Gasteiger partial charge in [-0.3, -0.25) is 9.36 Å². The highest BCUT2D eigenvalue weighted by molar-refractivity contribution is 8.00. The van der Waals surface area contributed by atoms with E-state index in [1.54, 1.807) is 24.3 Å². The maximum absolute atomic E-state index is 13.1. The minimum absolute atomic E-state index is 0.116. The Morgan fingerprint density at radius 2 is 1.59 bits per heavy atom. The van der Waals surface area contributed by atoms with Crippen LogP contribution in [-0.4, -0.2) is 31.0 Å². The molecule has 5 rings (SSSR count). The van der Waals surface area contributed by atoms with Crippen LogP contribution in [0.4, 0.5) is 5.69 Å². The zero-order chi connectivity index (χ0) is 23.5. The maximum atomic E-state index is 13.1. The highest BCUT2D eigenvalue weighted by Gasteiger charge is 2.22. The van der Waals surface area contributed by atoms with Crippen molar-refractivity contribution in [2.24, 2.45) is 0 Å². The van der Waals surface area contributed by atoms with Crippen molar-refractivity contribution in [3.8, 4) is 22.8 Å². The number of amides is 1. The standard InChI is InChI=1S/C27H22N4O2S/c1-18(26(33)28-24-13-7-9-19-8-5-6-12-23(19)24)34-27-30-29-25(20-14-16-22(32)17-15-20)31(27)21-10-3-2-4-11-21/h2-18,32H,1H3,(H,28,33)/t18-/m1/s1. The SMILES string of the molecule is C[C@@H](Sc1nnc(-c2ccc(O)cc2)n1-c1ccccc1)C(=O)Nc1cccc2ccccc12. The van der Waals surface area contributed by atoms with Crippen molar-refractivity contribution in [2.45, 2.75) is 17.3 Å². The molecule has 168 valence electrons. The quantitative estimate of drug-likeness (QED) is 0.304. The largest absolute Gasteiger partial charge is 0.508 e. The van der Waals surface area contributed by atoms with E-state index in [0.29, 0.717) is 11.0 Å². The Bertz CT molecular complexity index is 1440. The van der Waals surface area contributed by atoms with Crippen molar-refractivity contribution >= 4 is 34.1 Å². The second kappa shape index (κ2) is 9.41. The lowest BCUT2D eigenvalue weighted by molar-refractivity contribution is -0.115. The third kappa shape index (κ3) is 4.38. The molecule has 1 heterocycles. The van der Waals surface area contributed by atoms with Crippen LogP contribution in [-0.2, 0) is 4.79 Å². The van der Waals surface area contributed by atoms with E-state index in [-0.39, 0.29) is 11.7 Å². The second-order valence-electron chi connectivity index (χ2n) is 7.80. The van der Waals surface area contributed by atoms with Crippen LogP contribution in [0.25, 0.3) is 27.8 Å². The molecule has 1 atom stereocenters. The predicted molar refractivity (Wildman–Crippen MR) is 136 cm³/mol. The molecule has 34 heavy (non-hydrogen) atoms. The fourth-order valence-corrected chi connectivity index (χ4v) is 4.60. The van der Waals surface area contributed by atoms with Gasteiger partial charge in [0.2, 0.25) is 5.91 Å². The minimum Gasteiger partial charge on any atom is -0.508 e. The van der Waals surface area contributed by atoms with E-state index in [1.165, 1.54) is 11.8 Å². The van der Waals surface area contributed by atoms with Gasteiger partial charge < -0.3 is 10.4 Å². The highest BCUT2D eigenvalue weighted by Crippen LogP contribution is 2.31. The molecule has 0 bridgehead atoms. The molecule has 0 unspecified atom stereocenters. The number of hydrogen-bond acceptors (Lipinski definition) is 5. The number of carbonyl (C=O) groups excluding carboxylic acids is 1. The van der Waals surface area contributed by atoms with Gasteiger partial charge in [-0.1, -0.05) is 66.4 Å². The lowest BCUT2D eigenvalue weighted by Crippen LogP contribution is -2.23. The summed E-state index contributed by atoms with van der Waals surface area (Å²) in [5, 5.41) is 23.8. The van der Waals surface area contributed by atoms with Gasteiger partial charge in [-0.25, -0.2) is 0 Å². The maximum Gasteiger partial charge on any atom is 0.237 e. The van der Waals surface area contributed by atoms with Gasteiger partial charge in [-0.05, 0) is 54.8 Å². The van der Waals surface area contributed by atoms with Crippen molar-refractivity contribution in [2.75, 3.05) is 5.32 Å². The number of carbonyl (C=O) groups is 1. The number of rotatable bonds is 6. The Labute approximate surface area is 201 Å². The average Bonchev–Trinajstić information content (AvgIpc) is 3.28. The van der Waals surface area contributed by atoms with Crippen LogP contribution in [0, 0.1) is 0 Å². The third-order valence-corrected chi connectivity index (χ3v) is 6.51. The van der Waals surface area contributed by atoms with Crippen molar-refractivity contribution in [1.82, 2.24) is 14.8 Å². The lowest BCUT2D eigenvalue weighted by Gasteiger charge is -2.15. The van der Waals surface area contributed by atoms with Gasteiger partial charge in [0.25, 0.3) is 0 Å². The molecule has 1 amide bonds. The molecule has 0 fully saturated rings. The Balaban J connectivity index is 1.44. The number of nitrogens with one attached hydrogen (secondary N) is 1. The molecule has 1 aromatic heterocycles. The summed E-state index contributed by atoms with van der Waals surface area (Å²) in [5.74, 6) is 0.702. The van der Waals surface area contributed by atoms with E-state index in [0.717, 1.165) is 27.7 Å². The van der Waals surface area contributed by atoms with Gasteiger partial charge in [0.1, 0.15) is 5.75 Å². The smallest absolute Gasteiger partial charge is 0.237 e. The van der Waals surface area contributed by atoms with E-state index < -0.39 is 5.25 Å². The first-order valence-electron chi connectivity index (χ1n) is 10.9. The zero-order valence-electron chi connectivity index (χ0n) is 18.4. The van der Waals surface area contributed by atoms with Crippen LogP contribution in [0.5, 0.6) is 5.75 Å². The number of thioether (sulfide) groups is 1. The Hall–Kier alpha value is -4.10. The lowest BCUT2D eigenvalue weighted by atomic mass is 10.1. The molecule has 5 aromatic rings. The van der Waals surface area contributed by atoms with E-state index in [4.69, 9.17) is 0 Å². The topological polar surface area (TPSA) is 80.0 Å². The molecule has 2 N–H and O–H groups in total. The fourth-order valence-electron chi connectivity index (χ4n) is 3.73. The number of aromatic hydroxyl groups is 1. The number of phenolic OH excluding ortho intramolecular Hbond substituents is 1. The molecule has 0 radical (unpaired) electrons. The monoisotopic (exact) mass is 466 g/mol. The number of nitrogens with zero attached hydrogens (tertiary/aromatic N) is 3. The number of anilines is 1. The van der Waals surface area contributed by atoms with Crippen LogP contribution in [0.1, 0.15) is 6.92 Å². The Kier molecular flexibility index (Phi) is 6.01. The summed E-state index contributed by atoms with van der Waals surface area (Å²) >= 11 is 1.34. The molecule has 0 saturated carbocycles. The average molecular weight is 467 g/mol. The number of aromatic nitrogens is 3. The minimum atomic E-state index is -0.418. The zero-order valence-corrected chi connectivity index (χ0v) is 19.2. The second-order valence-corrected chi connectivity index (χ2v) is 9.11. The van der Waals surface area contributed by atoms with E-state index in [2.05, 4.69) is 15.5 Å². The molecule has 0 aliphatic rings. The van der Waals surface area contributed by atoms with Gasteiger partial charge in [0.05, 0.1) is 5.25 Å². The molecule has 0 aliphatic heterocycles. The molecule has 0 aliphatic carbocycles. The summed E-state index contributed by atoms with van der Waals surface area (Å²) in [6.45, 7) is 1.86. The highest BCUT2D eigenvalue weighted by atomic mass is 32.2. The van der Waals surface area contributed by atoms with Crippen molar-refractivity contribution in [3.05, 3.63) is 97.1 Å². The fraction of sp³-hybridized carbons (Fsp3) is 0.0741. The number of phenols is 1. The van der Waals surface area contributed by atoms with Crippen molar-refractivity contribution in [3.63, 3.8) is 0 Å². The Morgan fingerprint density at radius 3 is 2.38 bits per heavy atom. The molecule has 0 saturated heterocycles. The first-order valence-corrected chi connectivity index (χ1v) is 11.7. The summed E-state index contributed by atoms with van der Waals surface area (Å²) < 4.78 is 1.93. The normalized spacial score (nSPS) is 11.9. The number of benzene rings is 4. The van der Waals surface area contributed by atoms with Crippen LogP contribution < -0.4 is 5.32 Å². The summed E-state index contributed by atoms with van der Waals surface area (Å²) in [4.78, 5) is 13.1. The van der Waals surface area contributed by atoms with Crippen molar-refractivity contribution in [1.29, 1.82) is 0 Å². The summed E-state index contributed by atoms with van der Waals surface area (Å²) in [5.41, 5.74) is 2.48. The van der Waals surface area contributed by atoms with E-state index >= 15 is 0 Å². The van der Waals surface area contributed by atoms with E-state index in [9.17, 15) is 9.90 Å². The van der Waals surface area contributed by atoms with Gasteiger partial charge in [-0.2, -0.15) is 0 Å². The predicted octanol–water partition coefficient (Wildman–Crippen LogP) is 5.91. The van der Waals surface area contributed by atoms with E-state index in [1.807, 2.05) is 84.3 Å². The Morgan fingerprint density at radius 1 is 0.882 bits per heavy atom. The van der Waals surface area contributed by atoms with Gasteiger partial charge in [-0.15, -0.1) is 10.2 Å². The van der Waals surface area contributed by atoms with Gasteiger partial charge >= 0.3 is 0 Å². The third-order valence-electron chi connectivity index (χ3n) is 5.47. The van der Waals surface area contributed by atoms with Gasteiger partial charge in [0, 0.05) is 22.3 Å². The summed E-state index contributed by atoms with van der Waals surface area (Å²) in [6.07, 6.45) is 0. The summed E-state index contributed by atoms with van der Waals surface area (Å²) in [7, 11) is 0. The first-order chi connectivity index (χ1) is 16.6. The van der Waals surface area contributed by atoms with Crippen molar-refractivity contribution < 1.29 is 9.90 Å². The van der Waals surface area contributed by atoms with Crippen LogP contribution in [0.3, 0.4) is 0 Å². The molecular weight excluding hydrogens is 444 g/mol. The molecular formula is C27H22N4O2S. The van der Waals surface area contributed by atoms with Gasteiger partial charge in [0.15, 0.2) is 11.0 Å². The van der Waals surface area contributed by atoms with Crippen LogP contribution in [0.2, 0.25) is 0 Å². The molecule has 7 heteroatoms. The molecule has 6 nitrogen and oxygen atoms in total. The number of para-hydroxylation sites is 1. The van der Waals surface area contributed by atoms with Crippen LogP contribution in [0.15, 0.2) is 102 Å². The molecule has 0 spiro atoms. The number of hydrogen-bond donors (Lipinski definition) is 2. The first kappa shape index (κ1) is 21.7. The van der Waals surface area contributed by atoms with Crippen LogP contribution >= 0.6 is 11.8 Å². The number of fused-ring (bicyclic) bond motifs is 1. The molecule has 4 aromatic carbocycles.